The van der Waals surface area contributed by atoms with Crippen molar-refractivity contribution in [1.82, 2.24) is 5.32 Å². The first-order valence-electron chi connectivity index (χ1n) is 5.19. The summed E-state index contributed by atoms with van der Waals surface area (Å²) in [5, 5.41) is 14.0. The molecule has 1 atom stereocenters. The van der Waals surface area contributed by atoms with Gasteiger partial charge in [-0.3, -0.25) is 0 Å². The molecule has 0 saturated heterocycles. The molecule has 0 aliphatic heterocycles. The maximum atomic E-state index is 11.6. The second kappa shape index (κ2) is 6.61. The fraction of sp³-hybridized carbons (Fsp3) is 0.273. The molecule has 0 radical (unpaired) electrons. The monoisotopic (exact) mass is 334 g/mol. The summed E-state index contributed by atoms with van der Waals surface area (Å²) in [6, 6.07) is 3.46. The Hall–Kier alpha value is -1.27. The number of hydrogen-bond donors (Lipinski definition) is 3. The van der Waals surface area contributed by atoms with E-state index in [1.54, 1.807) is 25.1 Å². The first-order chi connectivity index (χ1) is 8.43. The first kappa shape index (κ1) is 14.8. The molecule has 0 fully saturated rings. The van der Waals surface area contributed by atoms with Crippen molar-refractivity contribution in [2.24, 2.45) is 0 Å². The number of carboxylic acids is 1. The van der Waals surface area contributed by atoms with Crippen molar-refractivity contribution in [3.63, 3.8) is 0 Å². The number of nitrogens with one attached hydrogen (secondary N) is 2. The van der Waals surface area contributed by atoms with Crippen LogP contribution in [0.2, 0.25) is 5.02 Å². The minimum atomic E-state index is -1.08. The summed E-state index contributed by atoms with van der Waals surface area (Å²) >= 11 is 9.14. The fourth-order valence-corrected chi connectivity index (χ4v) is 1.77. The van der Waals surface area contributed by atoms with Crippen LogP contribution >= 0.6 is 27.5 Å². The number of aliphatic carboxylic acids is 1. The highest BCUT2D eigenvalue weighted by Crippen LogP contribution is 2.25. The molecule has 0 aliphatic carbocycles. The van der Waals surface area contributed by atoms with E-state index in [1.807, 2.05) is 0 Å². The molecule has 18 heavy (non-hydrogen) atoms. The smallest absolute Gasteiger partial charge is 0.326 e. The van der Waals surface area contributed by atoms with Gasteiger partial charge >= 0.3 is 12.0 Å². The molecule has 1 aromatic carbocycles. The molecule has 7 heteroatoms. The largest absolute Gasteiger partial charge is 0.480 e. The molecule has 98 valence electrons. The van der Waals surface area contributed by atoms with Crippen LogP contribution in [0.25, 0.3) is 0 Å². The van der Waals surface area contributed by atoms with Crippen molar-refractivity contribution in [3.8, 4) is 0 Å². The van der Waals surface area contributed by atoms with Gasteiger partial charge in [0.15, 0.2) is 0 Å². The van der Waals surface area contributed by atoms with Gasteiger partial charge in [-0.05, 0) is 24.6 Å². The van der Waals surface area contributed by atoms with E-state index < -0.39 is 18.0 Å². The van der Waals surface area contributed by atoms with Crippen LogP contribution in [0.15, 0.2) is 22.7 Å². The maximum Gasteiger partial charge on any atom is 0.326 e. The number of benzene rings is 1. The molecule has 0 unspecified atom stereocenters. The van der Waals surface area contributed by atoms with Gasteiger partial charge in [0.25, 0.3) is 0 Å². The van der Waals surface area contributed by atoms with E-state index in [-0.39, 0.29) is 0 Å². The Balaban J connectivity index is 2.70. The molecule has 1 aromatic rings. The van der Waals surface area contributed by atoms with Crippen LogP contribution in [0.5, 0.6) is 0 Å². The quantitative estimate of drug-likeness (QED) is 0.791. The van der Waals surface area contributed by atoms with Crippen molar-refractivity contribution in [3.05, 3.63) is 27.7 Å². The number of hydrogen-bond acceptors (Lipinski definition) is 2. The number of amides is 2. The molecule has 0 bridgehead atoms. The van der Waals surface area contributed by atoms with Crippen LogP contribution in [-0.2, 0) is 4.79 Å². The third-order valence-corrected chi connectivity index (χ3v) is 3.01. The van der Waals surface area contributed by atoms with Gasteiger partial charge in [-0.1, -0.05) is 34.5 Å². The SMILES string of the molecule is CC[C@H](NC(=O)Nc1cc(Br)ccc1Cl)C(=O)O. The zero-order chi connectivity index (χ0) is 13.7. The van der Waals surface area contributed by atoms with Gasteiger partial charge in [0, 0.05) is 4.47 Å². The summed E-state index contributed by atoms with van der Waals surface area (Å²) in [5.41, 5.74) is 0.406. The minimum Gasteiger partial charge on any atom is -0.480 e. The molecular weight excluding hydrogens is 323 g/mol. The van der Waals surface area contributed by atoms with Crippen LogP contribution in [0.3, 0.4) is 0 Å². The first-order valence-corrected chi connectivity index (χ1v) is 6.36. The predicted molar refractivity (Wildman–Crippen MR) is 73.0 cm³/mol. The Morgan fingerprint density at radius 1 is 1.50 bits per heavy atom. The van der Waals surface area contributed by atoms with Crippen molar-refractivity contribution in [2.45, 2.75) is 19.4 Å². The van der Waals surface area contributed by atoms with Crippen LogP contribution in [0.4, 0.5) is 10.5 Å². The zero-order valence-electron chi connectivity index (χ0n) is 9.54. The van der Waals surface area contributed by atoms with Gasteiger partial charge < -0.3 is 15.7 Å². The van der Waals surface area contributed by atoms with Crippen molar-refractivity contribution >= 4 is 45.2 Å². The van der Waals surface area contributed by atoms with E-state index in [9.17, 15) is 9.59 Å². The molecule has 0 aromatic heterocycles. The molecule has 0 spiro atoms. The van der Waals surface area contributed by atoms with Gasteiger partial charge in [0.05, 0.1) is 10.7 Å². The lowest BCUT2D eigenvalue weighted by Gasteiger charge is -2.14. The van der Waals surface area contributed by atoms with Crippen molar-refractivity contribution in [1.29, 1.82) is 0 Å². The molecule has 0 saturated carbocycles. The number of carbonyl (C=O) groups is 2. The van der Waals surface area contributed by atoms with Crippen LogP contribution in [0, 0.1) is 0 Å². The van der Waals surface area contributed by atoms with Crippen molar-refractivity contribution in [2.75, 3.05) is 5.32 Å². The summed E-state index contributed by atoms with van der Waals surface area (Å²) in [6.45, 7) is 1.67. The Morgan fingerprint density at radius 3 is 2.72 bits per heavy atom. The van der Waals surface area contributed by atoms with Crippen molar-refractivity contribution < 1.29 is 14.7 Å². The summed E-state index contributed by atoms with van der Waals surface area (Å²) in [4.78, 5) is 22.4. The average Bonchev–Trinajstić information content (AvgIpc) is 2.30. The lowest BCUT2D eigenvalue weighted by molar-refractivity contribution is -0.139. The predicted octanol–water partition coefficient (Wildman–Crippen LogP) is 3.09. The van der Waals surface area contributed by atoms with E-state index in [4.69, 9.17) is 16.7 Å². The van der Waals surface area contributed by atoms with Gasteiger partial charge in [0.2, 0.25) is 0 Å². The highest BCUT2D eigenvalue weighted by atomic mass is 79.9. The lowest BCUT2D eigenvalue weighted by atomic mass is 10.2. The van der Waals surface area contributed by atoms with E-state index in [0.29, 0.717) is 17.1 Å². The van der Waals surface area contributed by atoms with E-state index in [0.717, 1.165) is 4.47 Å². The minimum absolute atomic E-state index is 0.301. The number of urea groups is 1. The summed E-state index contributed by atoms with van der Waals surface area (Å²) in [6.07, 6.45) is 0.301. The summed E-state index contributed by atoms with van der Waals surface area (Å²) in [7, 11) is 0. The average molecular weight is 336 g/mol. The van der Waals surface area contributed by atoms with Crippen LogP contribution in [0.1, 0.15) is 13.3 Å². The van der Waals surface area contributed by atoms with Crippen LogP contribution in [-0.4, -0.2) is 23.1 Å². The summed E-state index contributed by atoms with van der Waals surface area (Å²) < 4.78 is 0.757. The second-order valence-electron chi connectivity index (χ2n) is 3.52. The Morgan fingerprint density at radius 2 is 2.17 bits per heavy atom. The highest BCUT2D eigenvalue weighted by molar-refractivity contribution is 9.10. The normalized spacial score (nSPS) is 11.7. The maximum absolute atomic E-state index is 11.6. The number of carboxylic acid groups (broad SMARTS) is 1. The molecule has 5 nitrogen and oxygen atoms in total. The Bertz CT molecular complexity index is 468. The zero-order valence-corrected chi connectivity index (χ0v) is 11.9. The van der Waals surface area contributed by atoms with E-state index >= 15 is 0 Å². The standard InChI is InChI=1S/C11H12BrClN2O3/c1-2-8(10(16)17)14-11(18)15-9-5-6(12)3-4-7(9)13/h3-5,8H,2H2,1H3,(H,16,17)(H2,14,15,18)/t8-/m0/s1. The number of rotatable bonds is 4. The highest BCUT2D eigenvalue weighted by Gasteiger charge is 2.17. The number of carbonyl (C=O) groups excluding carboxylic acids is 1. The fourth-order valence-electron chi connectivity index (χ4n) is 1.25. The van der Waals surface area contributed by atoms with Gasteiger partial charge in [-0.15, -0.1) is 0 Å². The molecular formula is C11H12BrClN2O3. The van der Waals surface area contributed by atoms with E-state index in [2.05, 4.69) is 26.6 Å². The van der Waals surface area contributed by atoms with Gasteiger partial charge in [0.1, 0.15) is 6.04 Å². The molecule has 3 N–H and O–H groups in total. The van der Waals surface area contributed by atoms with Gasteiger partial charge in [-0.2, -0.15) is 0 Å². The van der Waals surface area contributed by atoms with Crippen LogP contribution < -0.4 is 10.6 Å². The molecule has 0 aliphatic rings. The lowest BCUT2D eigenvalue weighted by Crippen LogP contribution is -2.42. The topological polar surface area (TPSA) is 78.4 Å². The Kier molecular flexibility index (Phi) is 5.43. The second-order valence-corrected chi connectivity index (χ2v) is 4.84. The number of anilines is 1. The molecule has 1 rings (SSSR count). The third kappa shape index (κ3) is 4.19. The van der Waals surface area contributed by atoms with E-state index in [1.165, 1.54) is 0 Å². The molecule has 0 heterocycles. The molecule has 2 amide bonds. The Labute approximate surface area is 118 Å². The number of halogens is 2. The summed E-state index contributed by atoms with van der Waals surface area (Å²) in [5.74, 6) is -1.08. The van der Waals surface area contributed by atoms with Gasteiger partial charge in [-0.25, -0.2) is 9.59 Å². The third-order valence-electron chi connectivity index (χ3n) is 2.19.